The largest absolute Gasteiger partial charge is 0.437 e. The normalized spacial score (nSPS) is 23.9. The predicted molar refractivity (Wildman–Crippen MR) is 233 cm³/mol. The Balaban J connectivity index is 0.738. The first-order valence-corrected chi connectivity index (χ1v) is 22.9. The van der Waals surface area contributed by atoms with Crippen molar-refractivity contribution in [2.75, 3.05) is 36.9 Å². The van der Waals surface area contributed by atoms with Crippen molar-refractivity contribution in [1.82, 2.24) is 43.7 Å². The van der Waals surface area contributed by atoms with Gasteiger partial charge in [0.15, 0.2) is 11.3 Å². The van der Waals surface area contributed by atoms with E-state index in [0.29, 0.717) is 49.5 Å². The number of carbonyl (C=O) groups excluding carboxylic acids is 3. The maximum Gasteiger partial charge on any atom is 0.437 e. The number of nitrogens with one attached hydrogen (secondary N) is 3. The molecule has 4 aromatic heterocycles. The fourth-order valence-electron chi connectivity index (χ4n) is 10.3. The fraction of sp³-hybridized carbons (Fsp3) is 0.578. The smallest absolute Gasteiger partial charge is 0.391 e. The Kier molecular flexibility index (Phi) is 12.8. The number of piperidine rings is 2. The van der Waals surface area contributed by atoms with Crippen LogP contribution in [0, 0.1) is 5.92 Å². The van der Waals surface area contributed by atoms with Crippen LogP contribution in [0.2, 0.25) is 0 Å². The highest BCUT2D eigenvalue weighted by Gasteiger charge is 2.40. The van der Waals surface area contributed by atoms with Gasteiger partial charge in [0.1, 0.15) is 17.4 Å². The van der Waals surface area contributed by atoms with E-state index in [4.69, 9.17) is 4.74 Å². The molecule has 6 heterocycles. The van der Waals surface area contributed by atoms with Crippen LogP contribution in [0.5, 0.6) is 0 Å². The van der Waals surface area contributed by atoms with Crippen LogP contribution in [0.1, 0.15) is 117 Å². The number of ether oxygens (including phenoxy) is 1. The lowest BCUT2D eigenvalue weighted by atomic mass is 9.85. The summed E-state index contributed by atoms with van der Waals surface area (Å²) < 4.78 is 55.1. The van der Waals surface area contributed by atoms with Gasteiger partial charge < -0.3 is 25.4 Å². The molecule has 1 aromatic carbocycles. The van der Waals surface area contributed by atoms with E-state index >= 15 is 0 Å². The Morgan fingerprint density at radius 2 is 1.78 bits per heavy atom. The number of benzene rings is 1. The van der Waals surface area contributed by atoms with Crippen molar-refractivity contribution < 1.29 is 37.4 Å². The highest BCUT2D eigenvalue weighted by molar-refractivity contribution is 6.08. The summed E-state index contributed by atoms with van der Waals surface area (Å²) in [7, 11) is 1.71. The van der Waals surface area contributed by atoms with Gasteiger partial charge >= 0.3 is 11.9 Å². The van der Waals surface area contributed by atoms with E-state index < -0.39 is 41.5 Å². The lowest BCUT2D eigenvalue weighted by molar-refractivity contribution is -0.141. The van der Waals surface area contributed by atoms with Crippen molar-refractivity contribution >= 4 is 45.9 Å². The molecule has 17 nitrogen and oxygen atoms in total. The van der Waals surface area contributed by atoms with Crippen LogP contribution < -0.4 is 21.6 Å². The number of likely N-dealkylation sites (tertiary alicyclic amines) is 1. The number of nitrogens with zero attached hydrogens (tertiary/aromatic N) is 8. The van der Waals surface area contributed by atoms with E-state index in [9.17, 15) is 37.5 Å². The van der Waals surface area contributed by atoms with Gasteiger partial charge in [0.2, 0.25) is 11.8 Å². The maximum absolute atomic E-state index is 14.3. The number of anilines is 2. The number of halogens is 3. The fourth-order valence-corrected chi connectivity index (χ4v) is 10.3. The number of para-hydroxylation sites is 1. The number of aliphatic hydroxyl groups excluding tert-OH is 1. The number of aryl methyl sites for hydroxylation is 2. The summed E-state index contributed by atoms with van der Waals surface area (Å²) >= 11 is 0. The van der Waals surface area contributed by atoms with Crippen LogP contribution in [-0.2, 0) is 34.0 Å². The van der Waals surface area contributed by atoms with Gasteiger partial charge in [0.25, 0.3) is 5.91 Å². The molecule has 0 radical (unpaired) electrons. The number of alkyl halides is 3. The van der Waals surface area contributed by atoms with Gasteiger partial charge in [-0.1, -0.05) is 25.0 Å². The summed E-state index contributed by atoms with van der Waals surface area (Å²) in [5, 5.41) is 26.6. The zero-order valence-electron chi connectivity index (χ0n) is 36.4. The van der Waals surface area contributed by atoms with Crippen LogP contribution in [0.3, 0.4) is 0 Å². The van der Waals surface area contributed by atoms with E-state index in [0.717, 1.165) is 82.1 Å². The Morgan fingerprint density at radius 1 is 1.00 bits per heavy atom. The Bertz CT molecular complexity index is 2600. The molecule has 4 aliphatic rings. The number of hydrogen-bond acceptors (Lipinski definition) is 11. The van der Waals surface area contributed by atoms with Gasteiger partial charge in [-0.3, -0.25) is 33.5 Å². The summed E-state index contributed by atoms with van der Waals surface area (Å²) in [5.74, 6) is -0.718. The van der Waals surface area contributed by atoms with Crippen molar-refractivity contribution in [3.63, 3.8) is 0 Å². The van der Waals surface area contributed by atoms with Crippen molar-refractivity contribution in [2.24, 2.45) is 13.0 Å². The third-order valence-corrected chi connectivity index (χ3v) is 13.8. The summed E-state index contributed by atoms with van der Waals surface area (Å²) in [6.07, 6.45) is 9.16. The molecule has 2 aliphatic carbocycles. The molecule has 3 amide bonds. The molecule has 4 N–H and O–H groups in total. The second kappa shape index (κ2) is 18.7. The highest BCUT2D eigenvalue weighted by atomic mass is 19.4. The first kappa shape index (κ1) is 44.6. The molecule has 2 saturated heterocycles. The molecule has 3 atom stereocenters. The minimum atomic E-state index is -4.79. The quantitative estimate of drug-likeness (QED) is 0.0875. The summed E-state index contributed by atoms with van der Waals surface area (Å²) in [6, 6.07) is 6.26. The Labute approximate surface area is 372 Å². The molecule has 9 rings (SSSR count). The van der Waals surface area contributed by atoms with E-state index in [-0.39, 0.29) is 53.8 Å². The number of amides is 3. The Morgan fingerprint density at radius 3 is 2.54 bits per heavy atom. The van der Waals surface area contributed by atoms with Gasteiger partial charge in [-0.15, -0.1) is 0 Å². The molecular weight excluding hydrogens is 848 g/mol. The number of imidazole rings is 1. The summed E-state index contributed by atoms with van der Waals surface area (Å²) in [5.41, 5.74) is 0.793. The number of fused-ring (bicyclic) bond motifs is 2. The van der Waals surface area contributed by atoms with Gasteiger partial charge in [0.05, 0.1) is 47.2 Å². The van der Waals surface area contributed by atoms with Crippen LogP contribution in [0.25, 0.3) is 16.7 Å². The lowest BCUT2D eigenvalue weighted by Gasteiger charge is -2.36. The molecule has 1 unspecified atom stereocenters. The van der Waals surface area contributed by atoms with Gasteiger partial charge in [0, 0.05) is 52.1 Å². The van der Waals surface area contributed by atoms with Crippen molar-refractivity contribution in [3.05, 3.63) is 70.2 Å². The van der Waals surface area contributed by atoms with Crippen molar-refractivity contribution in [3.8, 4) is 0 Å². The number of aliphatic hydroxyl groups is 1. The first-order valence-electron chi connectivity index (χ1n) is 22.9. The van der Waals surface area contributed by atoms with Crippen molar-refractivity contribution in [2.45, 2.75) is 126 Å². The molecule has 2 aliphatic heterocycles. The van der Waals surface area contributed by atoms with Crippen LogP contribution >= 0.6 is 0 Å². The highest BCUT2D eigenvalue weighted by Crippen LogP contribution is 2.38. The molecule has 20 heteroatoms. The van der Waals surface area contributed by atoms with Crippen LogP contribution in [-0.4, -0.2) is 106 Å². The van der Waals surface area contributed by atoms with Crippen molar-refractivity contribution in [1.29, 1.82) is 0 Å². The third-order valence-electron chi connectivity index (χ3n) is 13.8. The van der Waals surface area contributed by atoms with E-state index in [1.807, 2.05) is 18.2 Å². The van der Waals surface area contributed by atoms with Gasteiger partial charge in [-0.2, -0.15) is 23.4 Å². The number of rotatable bonds is 13. The van der Waals surface area contributed by atoms with E-state index in [2.05, 4.69) is 36.0 Å². The number of hydrogen-bond donors (Lipinski definition) is 4. The zero-order chi connectivity index (χ0) is 45.4. The second-order valence-corrected chi connectivity index (χ2v) is 18.2. The summed E-state index contributed by atoms with van der Waals surface area (Å²) in [6.45, 7) is 3.30. The van der Waals surface area contributed by atoms with Gasteiger partial charge in [-0.25, -0.2) is 14.3 Å². The molecule has 5 aromatic rings. The standard InChI is InChI=1S/C45H56F3N11O6/c1-55-39-28(6-4-9-34(39)59(44(55)64)35-15-16-38(61)53-43(35)63)7-5-23-65-30-17-20-56(21-18-30)25-27-11-13-29(14-12-27)58-26-33(40(54-58)45(46,47)48)51-42(62)31-24-49-57-22-19-37(52-41(31)57)50-32-8-2-3-10-36(32)60/h4,6,9,19,22,24,26-27,29-30,32,35-36,60H,2-3,5,7-8,10-18,20-21,23,25H2,1H3,(H,50,52)(H,51,62)(H,53,61,63)/t27?,29?,32-,35?,36+/m1/s1. The number of imide groups is 1. The molecule has 348 valence electrons. The molecule has 4 fully saturated rings. The van der Waals surface area contributed by atoms with E-state index in [1.165, 1.54) is 26.2 Å². The predicted octanol–water partition coefficient (Wildman–Crippen LogP) is 5.39. The SMILES string of the molecule is Cn1c(=O)n(C2CCC(=O)NC2=O)c2cccc(CCCOC3CCN(CC4CCC(n5cc(NC(=O)c6cnn7ccc(N[C@@H]8CCCC[C@@H]8O)nc67)c(C(F)(F)F)n5)CC4)CC3)c21. The number of aromatic nitrogens is 7. The number of carbonyl (C=O) groups is 3. The summed E-state index contributed by atoms with van der Waals surface area (Å²) in [4.78, 5) is 58.1. The topological polar surface area (TPSA) is 195 Å². The molecule has 2 saturated carbocycles. The third kappa shape index (κ3) is 9.56. The Hall–Kier alpha value is -5.60. The average molecular weight is 904 g/mol. The first-order chi connectivity index (χ1) is 31.3. The minimum absolute atomic E-state index is 0.0105. The molecule has 0 spiro atoms. The zero-order valence-corrected chi connectivity index (χ0v) is 36.4. The average Bonchev–Trinajstić information content (AvgIpc) is 3.98. The second-order valence-electron chi connectivity index (χ2n) is 18.2. The van der Waals surface area contributed by atoms with Gasteiger partial charge in [-0.05, 0) is 94.2 Å². The van der Waals surface area contributed by atoms with Crippen LogP contribution in [0.4, 0.5) is 24.7 Å². The minimum Gasteiger partial charge on any atom is -0.391 e. The maximum atomic E-state index is 14.3. The molecule has 0 bridgehead atoms. The van der Waals surface area contributed by atoms with Crippen LogP contribution in [0.15, 0.2) is 47.7 Å². The lowest BCUT2D eigenvalue weighted by Crippen LogP contribution is -2.44. The monoisotopic (exact) mass is 903 g/mol. The molecule has 65 heavy (non-hydrogen) atoms. The molecular formula is C45H56F3N11O6. The van der Waals surface area contributed by atoms with E-state index in [1.54, 1.807) is 23.9 Å².